The predicted octanol–water partition coefficient (Wildman–Crippen LogP) is 1.97. The van der Waals surface area contributed by atoms with Crippen molar-refractivity contribution in [3.05, 3.63) is 35.9 Å². The van der Waals surface area contributed by atoms with Crippen LogP contribution in [0.4, 0.5) is 0 Å². The van der Waals surface area contributed by atoms with Crippen molar-refractivity contribution in [2.24, 2.45) is 11.8 Å². The Morgan fingerprint density at radius 3 is 2.58 bits per heavy atom. The third-order valence-corrected chi connectivity index (χ3v) is 5.74. The van der Waals surface area contributed by atoms with Crippen LogP contribution in [-0.4, -0.2) is 48.9 Å². The summed E-state index contributed by atoms with van der Waals surface area (Å²) in [5, 5.41) is 6.21. The average molecular weight is 357 g/mol. The zero-order valence-electron chi connectivity index (χ0n) is 15.7. The molecule has 0 aromatic heterocycles. The van der Waals surface area contributed by atoms with Crippen molar-refractivity contribution in [3.63, 3.8) is 0 Å². The quantitative estimate of drug-likeness (QED) is 0.847. The van der Waals surface area contributed by atoms with E-state index in [4.69, 9.17) is 0 Å². The molecule has 0 aliphatic carbocycles. The lowest BCUT2D eigenvalue weighted by molar-refractivity contribution is -0.135. The van der Waals surface area contributed by atoms with E-state index in [9.17, 15) is 9.59 Å². The third kappa shape index (κ3) is 5.31. The topological polar surface area (TPSA) is 61.4 Å². The van der Waals surface area contributed by atoms with Crippen LogP contribution in [0.2, 0.25) is 0 Å². The first-order valence-electron chi connectivity index (χ1n) is 9.94. The minimum absolute atomic E-state index is 0.0330. The van der Waals surface area contributed by atoms with Gasteiger partial charge in [0.15, 0.2) is 0 Å². The lowest BCUT2D eigenvalue weighted by Crippen LogP contribution is -2.47. The fraction of sp³-hybridized carbons (Fsp3) is 0.619. The van der Waals surface area contributed by atoms with Gasteiger partial charge in [-0.25, -0.2) is 0 Å². The molecule has 2 amide bonds. The summed E-state index contributed by atoms with van der Waals surface area (Å²) in [6.07, 6.45) is 4.88. The van der Waals surface area contributed by atoms with E-state index in [1.165, 1.54) is 5.56 Å². The lowest BCUT2D eigenvalue weighted by atomic mass is 9.90. The minimum atomic E-state index is 0.0330. The number of piperidine rings is 2. The van der Waals surface area contributed by atoms with Gasteiger partial charge in [0.05, 0.1) is 6.54 Å². The molecule has 142 valence electrons. The first-order chi connectivity index (χ1) is 12.6. The van der Waals surface area contributed by atoms with Crippen LogP contribution >= 0.6 is 0 Å². The van der Waals surface area contributed by atoms with Gasteiger partial charge in [0.2, 0.25) is 11.8 Å². The molecule has 2 N–H and O–H groups in total. The summed E-state index contributed by atoms with van der Waals surface area (Å²) in [7, 11) is 0. The molecule has 2 aliphatic heterocycles. The largest absolute Gasteiger partial charge is 0.347 e. The van der Waals surface area contributed by atoms with Crippen molar-refractivity contribution in [1.29, 1.82) is 0 Å². The van der Waals surface area contributed by atoms with Gasteiger partial charge in [-0.3, -0.25) is 9.59 Å². The highest BCUT2D eigenvalue weighted by atomic mass is 16.2. The van der Waals surface area contributed by atoms with E-state index in [2.05, 4.69) is 41.8 Å². The van der Waals surface area contributed by atoms with E-state index in [1.807, 2.05) is 11.0 Å². The number of amides is 2. The molecule has 2 aliphatic rings. The second kappa shape index (κ2) is 9.17. The van der Waals surface area contributed by atoms with Crippen LogP contribution in [0.5, 0.6) is 0 Å². The lowest BCUT2D eigenvalue weighted by Gasteiger charge is -2.32. The van der Waals surface area contributed by atoms with Crippen LogP contribution in [0.25, 0.3) is 0 Å². The Kier molecular flexibility index (Phi) is 6.67. The Morgan fingerprint density at radius 2 is 1.88 bits per heavy atom. The first kappa shape index (κ1) is 18.9. The zero-order chi connectivity index (χ0) is 18.4. The van der Waals surface area contributed by atoms with Gasteiger partial charge in [0, 0.05) is 25.0 Å². The van der Waals surface area contributed by atoms with Gasteiger partial charge < -0.3 is 15.5 Å². The molecule has 26 heavy (non-hydrogen) atoms. The van der Waals surface area contributed by atoms with Crippen molar-refractivity contribution in [2.75, 3.05) is 26.2 Å². The number of benzene rings is 1. The summed E-state index contributed by atoms with van der Waals surface area (Å²) in [5.74, 6) is 0.770. The maximum absolute atomic E-state index is 12.4. The van der Waals surface area contributed by atoms with E-state index >= 15 is 0 Å². The number of carbonyl (C=O) groups excluding carboxylic acids is 2. The predicted molar refractivity (Wildman–Crippen MR) is 103 cm³/mol. The van der Waals surface area contributed by atoms with Crippen molar-refractivity contribution >= 4 is 11.8 Å². The van der Waals surface area contributed by atoms with Crippen LogP contribution in [0.1, 0.15) is 38.2 Å². The molecule has 2 saturated heterocycles. The normalized spacial score (nSPS) is 24.3. The Balaban J connectivity index is 1.37. The summed E-state index contributed by atoms with van der Waals surface area (Å²) in [4.78, 5) is 26.6. The minimum Gasteiger partial charge on any atom is -0.347 e. The summed E-state index contributed by atoms with van der Waals surface area (Å²) in [5.41, 5.74) is 1.38. The molecule has 1 aromatic carbocycles. The van der Waals surface area contributed by atoms with Crippen LogP contribution in [0.15, 0.2) is 30.3 Å². The van der Waals surface area contributed by atoms with E-state index in [0.717, 1.165) is 51.7 Å². The number of nitrogens with zero attached hydrogens (tertiary/aromatic N) is 1. The number of likely N-dealkylation sites (tertiary alicyclic amines) is 1. The van der Waals surface area contributed by atoms with Crippen LogP contribution < -0.4 is 10.6 Å². The summed E-state index contributed by atoms with van der Waals surface area (Å²) < 4.78 is 0. The van der Waals surface area contributed by atoms with Gasteiger partial charge in [0.1, 0.15) is 0 Å². The molecule has 2 fully saturated rings. The van der Waals surface area contributed by atoms with Gasteiger partial charge in [0.25, 0.3) is 0 Å². The molecule has 2 heterocycles. The van der Waals surface area contributed by atoms with Gasteiger partial charge in [-0.05, 0) is 57.1 Å². The first-order valence-corrected chi connectivity index (χ1v) is 9.94. The Labute approximate surface area is 156 Å². The van der Waals surface area contributed by atoms with Gasteiger partial charge >= 0.3 is 0 Å². The van der Waals surface area contributed by atoms with Gasteiger partial charge in [-0.1, -0.05) is 30.3 Å². The molecule has 0 saturated carbocycles. The molecule has 0 bridgehead atoms. The van der Waals surface area contributed by atoms with Crippen LogP contribution in [0, 0.1) is 11.8 Å². The monoisotopic (exact) mass is 357 g/mol. The molecule has 0 unspecified atom stereocenters. The molecule has 1 aromatic rings. The molecule has 5 heteroatoms. The molecular weight excluding hydrogens is 326 g/mol. The maximum atomic E-state index is 12.4. The summed E-state index contributed by atoms with van der Waals surface area (Å²) in [6, 6.07) is 10.9. The smallest absolute Gasteiger partial charge is 0.241 e. The Bertz CT molecular complexity index is 597. The molecule has 5 nitrogen and oxygen atoms in total. The van der Waals surface area contributed by atoms with Gasteiger partial charge in [-0.15, -0.1) is 0 Å². The van der Waals surface area contributed by atoms with Crippen molar-refractivity contribution in [3.8, 4) is 0 Å². The Morgan fingerprint density at radius 1 is 1.15 bits per heavy atom. The highest BCUT2D eigenvalue weighted by Crippen LogP contribution is 2.21. The second-order valence-electron chi connectivity index (χ2n) is 7.81. The van der Waals surface area contributed by atoms with E-state index in [-0.39, 0.29) is 24.3 Å². The standard InChI is InChI=1S/C21H31N3O2/c1-16-13-19(7-10-22-16)21(26)23-15-20(25)24-11-8-18(9-12-24)14-17-5-3-2-4-6-17/h2-6,16,18-19,22H,7-15H2,1H3,(H,23,26)/t16-,19-/m0/s1. The number of nitrogens with one attached hydrogen (secondary N) is 2. The van der Waals surface area contributed by atoms with Crippen LogP contribution in [0.3, 0.4) is 0 Å². The van der Waals surface area contributed by atoms with Crippen molar-refractivity contribution < 1.29 is 9.59 Å². The molecular formula is C21H31N3O2. The molecule has 0 radical (unpaired) electrons. The van der Waals surface area contributed by atoms with E-state index in [0.29, 0.717) is 12.0 Å². The highest BCUT2D eigenvalue weighted by molar-refractivity contribution is 5.86. The van der Waals surface area contributed by atoms with Crippen LogP contribution in [-0.2, 0) is 16.0 Å². The Hall–Kier alpha value is -1.88. The van der Waals surface area contributed by atoms with Gasteiger partial charge in [-0.2, -0.15) is 0 Å². The van der Waals surface area contributed by atoms with Crippen molar-refractivity contribution in [2.45, 2.75) is 45.1 Å². The third-order valence-electron chi connectivity index (χ3n) is 5.74. The number of carbonyl (C=O) groups is 2. The fourth-order valence-corrected chi connectivity index (χ4v) is 4.12. The van der Waals surface area contributed by atoms with E-state index in [1.54, 1.807) is 0 Å². The summed E-state index contributed by atoms with van der Waals surface area (Å²) >= 11 is 0. The fourth-order valence-electron chi connectivity index (χ4n) is 4.12. The van der Waals surface area contributed by atoms with Crippen molar-refractivity contribution in [1.82, 2.24) is 15.5 Å². The molecule has 3 rings (SSSR count). The average Bonchev–Trinajstić information content (AvgIpc) is 2.67. The second-order valence-corrected chi connectivity index (χ2v) is 7.81. The zero-order valence-corrected chi connectivity index (χ0v) is 15.7. The number of hydrogen-bond donors (Lipinski definition) is 2. The molecule has 2 atom stereocenters. The highest BCUT2D eigenvalue weighted by Gasteiger charge is 2.26. The molecule has 0 spiro atoms. The van der Waals surface area contributed by atoms with E-state index < -0.39 is 0 Å². The number of rotatable bonds is 5. The SMILES string of the molecule is C[C@H]1C[C@@H](C(=O)NCC(=O)N2CCC(Cc3ccccc3)CC2)CCN1. The maximum Gasteiger partial charge on any atom is 0.241 e. The summed E-state index contributed by atoms with van der Waals surface area (Å²) in [6.45, 7) is 4.72. The number of hydrogen-bond acceptors (Lipinski definition) is 3.